The molecular weight excluding hydrogens is 465 g/mol. The minimum Gasteiger partial charge on any atom is -0.449 e. The number of amides is 1. The SMILES string of the molecule is CC(C)c1nc(CCOC(N)=O)n(CCCc2ccccc2)c1Sc1cc(Cl)cc(Cl)c1. The number of primary amides is 1. The summed E-state index contributed by atoms with van der Waals surface area (Å²) in [7, 11) is 0. The summed E-state index contributed by atoms with van der Waals surface area (Å²) < 4.78 is 7.20. The Balaban J connectivity index is 1.91. The molecule has 32 heavy (non-hydrogen) atoms. The second kappa shape index (κ2) is 11.6. The van der Waals surface area contributed by atoms with Crippen molar-refractivity contribution in [1.29, 1.82) is 0 Å². The minimum atomic E-state index is -0.778. The highest BCUT2D eigenvalue weighted by Crippen LogP contribution is 2.37. The van der Waals surface area contributed by atoms with E-state index in [1.54, 1.807) is 17.8 Å². The van der Waals surface area contributed by atoms with Gasteiger partial charge in [-0.15, -0.1) is 0 Å². The molecule has 2 aromatic carbocycles. The Hall–Kier alpha value is -2.15. The number of aryl methyl sites for hydroxylation is 1. The van der Waals surface area contributed by atoms with Gasteiger partial charge in [-0.1, -0.05) is 79.1 Å². The van der Waals surface area contributed by atoms with Crippen LogP contribution in [-0.4, -0.2) is 22.3 Å². The summed E-state index contributed by atoms with van der Waals surface area (Å²) in [5, 5.41) is 2.24. The molecule has 0 atom stereocenters. The third-order valence-electron chi connectivity index (χ3n) is 4.88. The molecule has 0 saturated heterocycles. The molecule has 3 rings (SSSR count). The van der Waals surface area contributed by atoms with Crippen molar-refractivity contribution in [3.05, 3.63) is 75.7 Å². The quantitative estimate of drug-likeness (QED) is 0.341. The maximum atomic E-state index is 11.0. The van der Waals surface area contributed by atoms with Crippen molar-refractivity contribution < 1.29 is 9.53 Å². The average Bonchev–Trinajstić information content (AvgIpc) is 3.05. The number of hydrogen-bond donors (Lipinski definition) is 1. The molecule has 0 fully saturated rings. The zero-order valence-corrected chi connectivity index (χ0v) is 20.5. The summed E-state index contributed by atoms with van der Waals surface area (Å²) in [6.07, 6.45) is 1.62. The highest BCUT2D eigenvalue weighted by Gasteiger charge is 2.21. The summed E-state index contributed by atoms with van der Waals surface area (Å²) in [5.74, 6) is 1.09. The number of nitrogens with zero attached hydrogens (tertiary/aromatic N) is 2. The molecule has 1 heterocycles. The molecule has 3 aromatic rings. The normalized spacial score (nSPS) is 11.2. The van der Waals surface area contributed by atoms with Crippen molar-refractivity contribution >= 4 is 41.1 Å². The second-order valence-corrected chi connectivity index (χ2v) is 9.67. The fraction of sp³-hybridized carbons (Fsp3) is 0.333. The summed E-state index contributed by atoms with van der Waals surface area (Å²) >= 11 is 14.1. The van der Waals surface area contributed by atoms with Gasteiger partial charge in [-0.3, -0.25) is 0 Å². The predicted octanol–water partition coefficient (Wildman–Crippen LogP) is 6.74. The Kier molecular flexibility index (Phi) is 8.91. The van der Waals surface area contributed by atoms with Crippen molar-refractivity contribution in [2.24, 2.45) is 5.73 Å². The van der Waals surface area contributed by atoms with Crippen LogP contribution in [-0.2, 0) is 24.1 Å². The van der Waals surface area contributed by atoms with Crippen LogP contribution in [0.25, 0.3) is 0 Å². The van der Waals surface area contributed by atoms with E-state index in [0.717, 1.165) is 40.8 Å². The molecule has 2 N–H and O–H groups in total. The molecule has 170 valence electrons. The molecule has 0 aliphatic carbocycles. The molecular formula is C24H27Cl2N3O2S. The first-order valence-electron chi connectivity index (χ1n) is 10.5. The molecule has 0 unspecified atom stereocenters. The van der Waals surface area contributed by atoms with Crippen LogP contribution in [0.3, 0.4) is 0 Å². The van der Waals surface area contributed by atoms with Crippen molar-refractivity contribution in [2.75, 3.05) is 6.61 Å². The number of carbonyl (C=O) groups is 1. The van der Waals surface area contributed by atoms with E-state index in [0.29, 0.717) is 16.5 Å². The topological polar surface area (TPSA) is 70.1 Å². The summed E-state index contributed by atoms with van der Waals surface area (Å²) in [6, 6.07) is 15.9. The van der Waals surface area contributed by atoms with Gasteiger partial charge in [0.05, 0.1) is 5.69 Å². The zero-order chi connectivity index (χ0) is 23.1. The van der Waals surface area contributed by atoms with Crippen LogP contribution in [0.2, 0.25) is 10.0 Å². The van der Waals surface area contributed by atoms with Crippen LogP contribution in [0.1, 0.15) is 43.3 Å². The molecule has 0 spiro atoms. The van der Waals surface area contributed by atoms with Gasteiger partial charge in [0.25, 0.3) is 0 Å². The lowest BCUT2D eigenvalue weighted by atomic mass is 10.1. The van der Waals surface area contributed by atoms with Gasteiger partial charge >= 0.3 is 6.09 Å². The lowest BCUT2D eigenvalue weighted by Crippen LogP contribution is -2.16. The number of aromatic nitrogens is 2. The highest BCUT2D eigenvalue weighted by molar-refractivity contribution is 7.99. The maximum Gasteiger partial charge on any atom is 0.404 e. The Morgan fingerprint density at radius 1 is 1.12 bits per heavy atom. The molecule has 0 radical (unpaired) electrons. The number of imidazole rings is 1. The number of halogens is 2. The van der Waals surface area contributed by atoms with Crippen LogP contribution in [0.5, 0.6) is 0 Å². The lowest BCUT2D eigenvalue weighted by molar-refractivity contribution is 0.157. The fourth-order valence-corrected chi connectivity index (χ4v) is 5.38. The van der Waals surface area contributed by atoms with Crippen molar-refractivity contribution in [1.82, 2.24) is 9.55 Å². The van der Waals surface area contributed by atoms with Gasteiger partial charge in [-0.05, 0) is 42.5 Å². The van der Waals surface area contributed by atoms with E-state index in [4.69, 9.17) is 38.7 Å². The second-order valence-electron chi connectivity index (χ2n) is 7.74. The minimum absolute atomic E-state index is 0.190. The van der Waals surface area contributed by atoms with Crippen LogP contribution in [0.15, 0.2) is 58.5 Å². The zero-order valence-electron chi connectivity index (χ0n) is 18.2. The number of rotatable bonds is 10. The van der Waals surface area contributed by atoms with E-state index in [9.17, 15) is 4.79 Å². The molecule has 0 saturated carbocycles. The lowest BCUT2D eigenvalue weighted by Gasteiger charge is -2.14. The van der Waals surface area contributed by atoms with E-state index in [1.165, 1.54) is 5.56 Å². The summed E-state index contributed by atoms with van der Waals surface area (Å²) in [5.41, 5.74) is 7.43. The number of carbonyl (C=O) groups excluding carboxylic acids is 1. The van der Waals surface area contributed by atoms with Gasteiger partial charge in [-0.2, -0.15) is 0 Å². The molecule has 5 nitrogen and oxygen atoms in total. The standard InChI is InChI=1S/C24H27Cl2N3O2S/c1-16(2)22-23(32-20-14-18(25)13-19(26)15-20)29(21(28-22)10-12-31-24(27)30)11-6-9-17-7-4-3-5-8-17/h3-5,7-8,13-16H,6,9-12H2,1-2H3,(H2,27,30). The summed E-state index contributed by atoms with van der Waals surface area (Å²) in [4.78, 5) is 16.9. The van der Waals surface area contributed by atoms with Gasteiger partial charge in [0.15, 0.2) is 0 Å². The number of hydrogen-bond acceptors (Lipinski definition) is 4. The Morgan fingerprint density at radius 3 is 2.44 bits per heavy atom. The first-order chi connectivity index (χ1) is 15.3. The maximum absolute atomic E-state index is 11.0. The Labute approximate surface area is 203 Å². The van der Waals surface area contributed by atoms with E-state index in [1.807, 2.05) is 18.2 Å². The molecule has 8 heteroatoms. The van der Waals surface area contributed by atoms with E-state index < -0.39 is 6.09 Å². The predicted molar refractivity (Wildman–Crippen MR) is 131 cm³/mol. The monoisotopic (exact) mass is 491 g/mol. The molecule has 0 aliphatic rings. The third-order valence-corrected chi connectivity index (χ3v) is 6.41. The molecule has 0 aliphatic heterocycles. The van der Waals surface area contributed by atoms with Gasteiger partial charge in [0.2, 0.25) is 0 Å². The first-order valence-corrected chi connectivity index (χ1v) is 12.1. The fourth-order valence-electron chi connectivity index (χ4n) is 3.44. The van der Waals surface area contributed by atoms with Crippen LogP contribution in [0, 0.1) is 0 Å². The largest absolute Gasteiger partial charge is 0.449 e. The van der Waals surface area contributed by atoms with Gasteiger partial charge in [0.1, 0.15) is 17.5 Å². The average molecular weight is 492 g/mol. The Bertz CT molecular complexity index is 1030. The van der Waals surface area contributed by atoms with Gasteiger partial charge < -0.3 is 15.0 Å². The van der Waals surface area contributed by atoms with E-state index in [2.05, 4.69) is 42.7 Å². The smallest absolute Gasteiger partial charge is 0.404 e. The third kappa shape index (κ3) is 6.92. The number of nitrogens with two attached hydrogens (primary N) is 1. The van der Waals surface area contributed by atoms with E-state index in [-0.39, 0.29) is 12.5 Å². The van der Waals surface area contributed by atoms with Gasteiger partial charge in [0, 0.05) is 27.9 Å². The molecule has 1 amide bonds. The van der Waals surface area contributed by atoms with Crippen molar-refractivity contribution in [2.45, 2.75) is 55.5 Å². The Morgan fingerprint density at radius 2 is 1.81 bits per heavy atom. The highest BCUT2D eigenvalue weighted by atomic mass is 35.5. The summed E-state index contributed by atoms with van der Waals surface area (Å²) in [6.45, 7) is 5.22. The molecule has 1 aromatic heterocycles. The van der Waals surface area contributed by atoms with E-state index >= 15 is 0 Å². The number of ether oxygens (including phenoxy) is 1. The van der Waals surface area contributed by atoms with Crippen LogP contribution >= 0.6 is 35.0 Å². The van der Waals surface area contributed by atoms with Crippen LogP contribution < -0.4 is 5.73 Å². The molecule has 0 bridgehead atoms. The first kappa shape index (κ1) is 24.5. The number of benzene rings is 2. The van der Waals surface area contributed by atoms with Crippen molar-refractivity contribution in [3.8, 4) is 0 Å². The van der Waals surface area contributed by atoms with Crippen LogP contribution in [0.4, 0.5) is 4.79 Å². The van der Waals surface area contributed by atoms with Crippen molar-refractivity contribution in [3.63, 3.8) is 0 Å². The van der Waals surface area contributed by atoms with Gasteiger partial charge in [-0.25, -0.2) is 9.78 Å².